The second kappa shape index (κ2) is 6.32. The molecule has 140 valence electrons. The summed E-state index contributed by atoms with van der Waals surface area (Å²) in [7, 11) is 0. The first-order chi connectivity index (χ1) is 12.1. The molecule has 0 aliphatic carbocycles. The molecule has 1 aliphatic heterocycles. The van der Waals surface area contributed by atoms with Gasteiger partial charge in [-0.05, 0) is 50.6 Å². The Morgan fingerprint density at radius 1 is 1.23 bits per heavy atom. The molecule has 1 atom stereocenters. The number of hydrogen-bond donors (Lipinski definition) is 2. The molecule has 0 fully saturated rings. The maximum absolute atomic E-state index is 14.5. The Kier molecular flexibility index (Phi) is 4.56. The van der Waals surface area contributed by atoms with Crippen LogP contribution < -0.4 is 10.9 Å². The molecule has 1 unspecified atom stereocenters. The molecule has 1 aliphatic rings. The summed E-state index contributed by atoms with van der Waals surface area (Å²) in [4.78, 5) is 14.9. The van der Waals surface area contributed by atoms with Crippen molar-refractivity contribution >= 4 is 23.0 Å². The van der Waals surface area contributed by atoms with Crippen LogP contribution in [0, 0.1) is 6.92 Å². The lowest BCUT2D eigenvalue weighted by Gasteiger charge is -2.42. The van der Waals surface area contributed by atoms with Crippen molar-refractivity contribution in [2.45, 2.75) is 38.5 Å². The molecule has 2 heterocycles. The number of H-pyrrole nitrogens is 1. The van der Waals surface area contributed by atoms with E-state index in [0.717, 1.165) is 0 Å². The largest absolute Gasteiger partial charge is 0.404 e. The summed E-state index contributed by atoms with van der Waals surface area (Å²) in [5, 5.41) is 2.99. The van der Waals surface area contributed by atoms with Crippen LogP contribution in [0.4, 0.5) is 24.5 Å². The zero-order valence-corrected chi connectivity index (χ0v) is 15.2. The Hall–Kier alpha value is -1.99. The van der Waals surface area contributed by atoms with Crippen molar-refractivity contribution in [1.29, 1.82) is 0 Å². The molecule has 2 aromatic rings. The number of pyridine rings is 1. The average Bonchev–Trinajstić information content (AvgIpc) is 2.51. The Morgan fingerprint density at radius 3 is 2.54 bits per heavy atom. The molecule has 0 radical (unpaired) electrons. The molecule has 0 spiro atoms. The van der Waals surface area contributed by atoms with E-state index in [2.05, 4.69) is 10.3 Å². The Balaban J connectivity index is 2.40. The number of anilines is 2. The highest BCUT2D eigenvalue weighted by Gasteiger charge is 2.61. The van der Waals surface area contributed by atoms with Crippen molar-refractivity contribution in [3.8, 4) is 0 Å². The zero-order chi connectivity index (χ0) is 19.3. The first-order valence-electron chi connectivity index (χ1n) is 8.06. The van der Waals surface area contributed by atoms with E-state index in [-0.39, 0.29) is 27.5 Å². The highest BCUT2D eigenvalue weighted by molar-refractivity contribution is 6.30. The van der Waals surface area contributed by atoms with Gasteiger partial charge in [-0.3, -0.25) is 4.79 Å². The van der Waals surface area contributed by atoms with Crippen molar-refractivity contribution in [2.75, 3.05) is 11.9 Å². The van der Waals surface area contributed by atoms with E-state index in [1.165, 1.54) is 24.3 Å². The Morgan fingerprint density at radius 2 is 1.92 bits per heavy atom. The van der Waals surface area contributed by atoms with Crippen molar-refractivity contribution < 1.29 is 17.9 Å². The number of aromatic nitrogens is 1. The van der Waals surface area contributed by atoms with Gasteiger partial charge in [0.15, 0.2) is 0 Å². The van der Waals surface area contributed by atoms with Crippen LogP contribution in [-0.2, 0) is 10.2 Å². The predicted molar refractivity (Wildman–Crippen MR) is 94.5 cm³/mol. The van der Waals surface area contributed by atoms with E-state index in [1.807, 2.05) is 0 Å². The Labute approximate surface area is 153 Å². The van der Waals surface area contributed by atoms with Crippen LogP contribution >= 0.6 is 11.6 Å². The van der Waals surface area contributed by atoms with Crippen LogP contribution in [0.5, 0.6) is 0 Å². The van der Waals surface area contributed by atoms with E-state index in [1.54, 1.807) is 20.8 Å². The number of aryl methyl sites for hydroxylation is 1. The normalized spacial score (nSPS) is 19.1. The van der Waals surface area contributed by atoms with Crippen molar-refractivity contribution in [3.05, 3.63) is 56.5 Å². The maximum Gasteiger partial charge on any atom is 0.404 e. The van der Waals surface area contributed by atoms with Gasteiger partial charge in [-0.1, -0.05) is 11.6 Å². The van der Waals surface area contributed by atoms with Gasteiger partial charge < -0.3 is 15.0 Å². The van der Waals surface area contributed by atoms with E-state index in [4.69, 9.17) is 16.3 Å². The fourth-order valence-electron chi connectivity index (χ4n) is 3.24. The first kappa shape index (κ1) is 18.8. The summed E-state index contributed by atoms with van der Waals surface area (Å²) in [5.41, 5.74) is -2.96. The highest BCUT2D eigenvalue weighted by Crippen LogP contribution is 2.54. The fourth-order valence-corrected chi connectivity index (χ4v) is 3.41. The van der Waals surface area contributed by atoms with Crippen molar-refractivity contribution in [1.82, 2.24) is 4.98 Å². The zero-order valence-electron chi connectivity index (χ0n) is 14.4. The molecule has 0 amide bonds. The van der Waals surface area contributed by atoms with Crippen LogP contribution in [-0.4, -0.2) is 23.9 Å². The lowest BCUT2D eigenvalue weighted by Crippen LogP contribution is -2.51. The molecular formula is C18H18ClF3N2O2. The number of alkyl halides is 3. The Bertz CT molecular complexity index is 908. The molecular weight excluding hydrogens is 369 g/mol. The van der Waals surface area contributed by atoms with E-state index in [9.17, 15) is 18.0 Å². The summed E-state index contributed by atoms with van der Waals surface area (Å²) in [5.74, 6) is 0. The van der Waals surface area contributed by atoms with Gasteiger partial charge in [0.05, 0.1) is 12.7 Å². The average molecular weight is 387 g/mol. The summed E-state index contributed by atoms with van der Waals surface area (Å²) in [6, 6.07) is 5.53. The van der Waals surface area contributed by atoms with Crippen molar-refractivity contribution in [3.63, 3.8) is 0 Å². The number of fused-ring (bicyclic) bond motifs is 2. The number of nitrogens with one attached hydrogen (secondary N) is 2. The van der Waals surface area contributed by atoms with Gasteiger partial charge in [0.25, 0.3) is 5.56 Å². The van der Waals surface area contributed by atoms with Crippen molar-refractivity contribution in [2.24, 2.45) is 0 Å². The van der Waals surface area contributed by atoms with E-state index < -0.39 is 29.9 Å². The van der Waals surface area contributed by atoms with Gasteiger partial charge in [0, 0.05) is 22.0 Å². The van der Waals surface area contributed by atoms with Crippen LogP contribution in [0.2, 0.25) is 5.02 Å². The standard InChI is InChI=1S/C18H18ClF3N2O2/c1-9(2)26-8-17(18(20,21)22)12-7-11(19)4-5-14(12)24-15-13(17)6-10(3)23-16(15)25/h4-7,9,24H,8H2,1-3H3,(H,23,25). The number of benzene rings is 1. The second-order valence-electron chi connectivity index (χ2n) is 6.65. The number of rotatable bonds is 3. The number of aromatic amines is 1. The molecule has 4 nitrogen and oxygen atoms in total. The fraction of sp³-hybridized carbons (Fsp3) is 0.389. The van der Waals surface area contributed by atoms with Gasteiger partial charge in [0.2, 0.25) is 0 Å². The van der Waals surface area contributed by atoms with Gasteiger partial charge in [-0.15, -0.1) is 0 Å². The minimum absolute atomic E-state index is 0.0596. The second-order valence-corrected chi connectivity index (χ2v) is 7.08. The third-order valence-corrected chi connectivity index (χ3v) is 4.68. The lowest BCUT2D eigenvalue weighted by molar-refractivity contribution is -0.195. The predicted octanol–water partition coefficient (Wildman–Crippen LogP) is 4.67. The van der Waals surface area contributed by atoms with Gasteiger partial charge in [-0.2, -0.15) is 13.2 Å². The molecule has 1 aromatic carbocycles. The summed E-state index contributed by atoms with van der Waals surface area (Å²) < 4.78 is 49.1. The molecule has 8 heteroatoms. The molecule has 0 saturated carbocycles. The van der Waals surface area contributed by atoms with Crippen LogP contribution in [0.1, 0.15) is 30.7 Å². The summed E-state index contributed by atoms with van der Waals surface area (Å²) in [6.07, 6.45) is -5.13. The smallest absolute Gasteiger partial charge is 0.377 e. The van der Waals surface area contributed by atoms with Crippen LogP contribution in [0.3, 0.4) is 0 Å². The van der Waals surface area contributed by atoms with Gasteiger partial charge >= 0.3 is 6.18 Å². The third-order valence-electron chi connectivity index (χ3n) is 4.45. The summed E-state index contributed by atoms with van der Waals surface area (Å²) >= 11 is 6.00. The maximum atomic E-state index is 14.5. The number of ether oxygens (including phenoxy) is 1. The SMILES string of the molecule is Cc1cc2c(c(=O)[nH]1)Nc1ccc(Cl)cc1C2(COC(C)C)C(F)(F)F. The minimum atomic E-state index is -4.71. The lowest BCUT2D eigenvalue weighted by atomic mass is 9.71. The van der Waals surface area contributed by atoms with E-state index in [0.29, 0.717) is 5.69 Å². The first-order valence-corrected chi connectivity index (χ1v) is 8.44. The monoisotopic (exact) mass is 386 g/mol. The topological polar surface area (TPSA) is 54.1 Å². The molecule has 26 heavy (non-hydrogen) atoms. The highest BCUT2D eigenvalue weighted by atomic mass is 35.5. The quantitative estimate of drug-likeness (QED) is 0.806. The minimum Gasteiger partial charge on any atom is -0.377 e. The number of hydrogen-bond acceptors (Lipinski definition) is 3. The van der Waals surface area contributed by atoms with Gasteiger partial charge in [-0.25, -0.2) is 0 Å². The number of halogens is 4. The molecule has 3 rings (SSSR count). The molecule has 0 bridgehead atoms. The molecule has 1 aromatic heterocycles. The third kappa shape index (κ3) is 2.89. The van der Waals surface area contributed by atoms with Gasteiger partial charge in [0.1, 0.15) is 11.1 Å². The molecule has 0 saturated heterocycles. The van der Waals surface area contributed by atoms with E-state index >= 15 is 0 Å². The summed E-state index contributed by atoms with van der Waals surface area (Å²) in [6.45, 7) is 4.21. The van der Waals surface area contributed by atoms with Crippen LogP contribution in [0.25, 0.3) is 0 Å². The van der Waals surface area contributed by atoms with Crippen LogP contribution in [0.15, 0.2) is 29.1 Å². The molecule has 2 N–H and O–H groups in total.